The van der Waals surface area contributed by atoms with Crippen molar-refractivity contribution in [2.45, 2.75) is 0 Å². The van der Waals surface area contributed by atoms with Crippen molar-refractivity contribution in [2.75, 3.05) is 9.80 Å². The number of nitriles is 1. The molecule has 8 aromatic carbocycles. The molecule has 0 saturated carbocycles. The molecule has 5 heteroatoms. The molecule has 0 N–H and O–H groups in total. The Morgan fingerprint density at radius 3 is 1.22 bits per heavy atom. The Bertz CT molecular complexity index is 2870. The minimum atomic E-state index is 0.597. The summed E-state index contributed by atoms with van der Waals surface area (Å²) in [4.78, 5) is 8.91. The summed E-state index contributed by atoms with van der Waals surface area (Å²) in [5.74, 6) is 0. The lowest BCUT2D eigenvalue weighted by Crippen LogP contribution is -2.10. The van der Waals surface area contributed by atoms with Crippen LogP contribution in [0.15, 0.2) is 225 Å². The fourth-order valence-corrected chi connectivity index (χ4v) is 8.22. The van der Waals surface area contributed by atoms with Crippen LogP contribution < -0.4 is 9.80 Å². The van der Waals surface area contributed by atoms with Crippen molar-refractivity contribution in [1.82, 2.24) is 9.55 Å². The zero-order valence-electron chi connectivity index (χ0n) is 32.1. The summed E-state index contributed by atoms with van der Waals surface area (Å²) < 4.78 is 2.40. The summed E-state index contributed by atoms with van der Waals surface area (Å²) in [7, 11) is 0. The summed E-state index contributed by atoms with van der Waals surface area (Å²) in [6.07, 6.45) is 3.56. The third-order valence-electron chi connectivity index (χ3n) is 10.9. The lowest BCUT2D eigenvalue weighted by atomic mass is 9.94. The number of aromatic nitrogens is 2. The van der Waals surface area contributed by atoms with Gasteiger partial charge in [-0.15, -0.1) is 0 Å². The number of para-hydroxylation sites is 4. The largest absolute Gasteiger partial charge is 0.310 e. The third kappa shape index (κ3) is 6.55. The maximum absolute atomic E-state index is 10.7. The molecule has 0 unspecified atom stereocenters. The first kappa shape index (κ1) is 35.2. The second kappa shape index (κ2) is 15.4. The molecule has 0 saturated heterocycles. The van der Waals surface area contributed by atoms with E-state index in [0.717, 1.165) is 83.9 Å². The van der Waals surface area contributed by atoms with Crippen molar-refractivity contribution in [1.29, 1.82) is 5.26 Å². The van der Waals surface area contributed by atoms with Gasteiger partial charge >= 0.3 is 0 Å². The van der Waals surface area contributed by atoms with Gasteiger partial charge in [0.1, 0.15) is 0 Å². The minimum Gasteiger partial charge on any atom is -0.310 e. The van der Waals surface area contributed by atoms with Crippen LogP contribution in [-0.2, 0) is 0 Å². The van der Waals surface area contributed by atoms with Crippen molar-refractivity contribution in [3.8, 4) is 34.0 Å². The smallest absolute Gasteiger partial charge is 0.0998 e. The normalized spacial score (nSPS) is 11.0. The summed E-state index contributed by atoms with van der Waals surface area (Å²) in [5, 5.41) is 12.9. The second-order valence-corrected chi connectivity index (χ2v) is 14.4. The van der Waals surface area contributed by atoms with E-state index in [1.165, 1.54) is 0 Å². The first-order valence-electron chi connectivity index (χ1n) is 19.7. The number of hydrogen-bond donors (Lipinski definition) is 0. The molecule has 0 fully saturated rings. The van der Waals surface area contributed by atoms with E-state index >= 15 is 0 Å². The Kier molecular flexibility index (Phi) is 9.19. The number of hydrogen-bond acceptors (Lipinski definition) is 4. The van der Waals surface area contributed by atoms with E-state index in [2.05, 4.69) is 213 Å². The highest BCUT2D eigenvalue weighted by Gasteiger charge is 2.23. The molecule has 278 valence electrons. The second-order valence-electron chi connectivity index (χ2n) is 14.4. The number of fused-ring (bicyclic) bond motifs is 3. The molecule has 59 heavy (non-hydrogen) atoms. The lowest BCUT2D eigenvalue weighted by molar-refractivity contribution is 1.17. The monoisotopic (exact) mass is 755 g/mol. The Hall–Kier alpha value is -8.20. The molecule has 2 aromatic heterocycles. The molecular weight excluding hydrogens is 719 g/mol. The number of benzene rings is 8. The average Bonchev–Trinajstić information content (AvgIpc) is 3.63. The first-order chi connectivity index (χ1) is 29.2. The van der Waals surface area contributed by atoms with Gasteiger partial charge < -0.3 is 14.4 Å². The van der Waals surface area contributed by atoms with Gasteiger partial charge in [-0.05, 0) is 108 Å². The fourth-order valence-electron chi connectivity index (χ4n) is 8.22. The molecule has 10 aromatic rings. The van der Waals surface area contributed by atoms with Gasteiger partial charge in [0, 0.05) is 68.4 Å². The van der Waals surface area contributed by atoms with E-state index < -0.39 is 0 Å². The zero-order valence-corrected chi connectivity index (χ0v) is 32.1. The van der Waals surface area contributed by atoms with Crippen LogP contribution in [0, 0.1) is 11.3 Å². The quantitative estimate of drug-likeness (QED) is 0.147. The standard InChI is InChI=1S/C54H37N5/c55-38-41-34-51(39-16-6-1-7-17-39)54(37-50(41)40-30-32-56-33-31-40)59-52-35-46(57(42-18-8-2-9-19-42)43-20-10-3-11-21-43)26-28-48(52)49-29-27-47(36-53(49)59)58(44-22-12-4-13-23-44)45-24-14-5-15-25-45/h1-37H. The van der Waals surface area contributed by atoms with Crippen molar-refractivity contribution >= 4 is 55.9 Å². The molecular formula is C54H37N5. The maximum Gasteiger partial charge on any atom is 0.0998 e. The molecule has 5 nitrogen and oxygen atoms in total. The first-order valence-corrected chi connectivity index (χ1v) is 19.7. The van der Waals surface area contributed by atoms with E-state index in [-0.39, 0.29) is 0 Å². The molecule has 0 atom stereocenters. The summed E-state index contributed by atoms with van der Waals surface area (Å²) in [5.41, 5.74) is 13.7. The van der Waals surface area contributed by atoms with Crippen LogP contribution in [0.2, 0.25) is 0 Å². The molecule has 2 heterocycles. The van der Waals surface area contributed by atoms with E-state index in [1.807, 2.05) is 24.3 Å². The molecule has 0 aliphatic carbocycles. The van der Waals surface area contributed by atoms with Crippen molar-refractivity contribution in [3.63, 3.8) is 0 Å². The molecule has 0 bridgehead atoms. The molecule has 0 amide bonds. The van der Waals surface area contributed by atoms with Crippen LogP contribution in [0.3, 0.4) is 0 Å². The van der Waals surface area contributed by atoms with Gasteiger partial charge in [0.15, 0.2) is 0 Å². The van der Waals surface area contributed by atoms with Crippen LogP contribution >= 0.6 is 0 Å². The van der Waals surface area contributed by atoms with E-state index in [0.29, 0.717) is 5.56 Å². The number of anilines is 6. The summed E-state index contributed by atoms with van der Waals surface area (Å²) in [6.45, 7) is 0. The number of nitrogens with zero attached hydrogens (tertiary/aromatic N) is 5. The SMILES string of the molecule is N#Cc1cc(-c2ccccc2)c(-n2c3cc(N(c4ccccc4)c4ccccc4)ccc3c3ccc(N(c4ccccc4)c4ccccc4)cc32)cc1-c1ccncc1. The van der Waals surface area contributed by atoms with Crippen LogP contribution in [0.4, 0.5) is 34.1 Å². The van der Waals surface area contributed by atoms with Crippen molar-refractivity contribution in [2.24, 2.45) is 0 Å². The van der Waals surface area contributed by atoms with Crippen molar-refractivity contribution in [3.05, 3.63) is 230 Å². The van der Waals surface area contributed by atoms with Crippen LogP contribution in [-0.4, -0.2) is 9.55 Å². The molecule has 0 radical (unpaired) electrons. The topological polar surface area (TPSA) is 48.1 Å². The maximum atomic E-state index is 10.7. The number of pyridine rings is 1. The van der Waals surface area contributed by atoms with Crippen LogP contribution in [0.1, 0.15) is 5.56 Å². The van der Waals surface area contributed by atoms with Gasteiger partial charge in [0.2, 0.25) is 0 Å². The summed E-state index contributed by atoms with van der Waals surface area (Å²) >= 11 is 0. The van der Waals surface area contributed by atoms with Gasteiger partial charge in [0.05, 0.1) is 28.4 Å². The molecule has 0 aliphatic rings. The van der Waals surface area contributed by atoms with Crippen molar-refractivity contribution < 1.29 is 0 Å². The lowest BCUT2D eigenvalue weighted by Gasteiger charge is -2.26. The van der Waals surface area contributed by atoms with Crippen LogP contribution in [0.5, 0.6) is 0 Å². The van der Waals surface area contributed by atoms with E-state index in [4.69, 9.17) is 0 Å². The zero-order chi connectivity index (χ0) is 39.5. The number of rotatable bonds is 9. The Morgan fingerprint density at radius 2 is 0.797 bits per heavy atom. The Morgan fingerprint density at radius 1 is 0.390 bits per heavy atom. The highest BCUT2D eigenvalue weighted by atomic mass is 15.2. The molecule has 0 aliphatic heterocycles. The fraction of sp³-hybridized carbons (Fsp3) is 0. The Balaban J connectivity index is 1.32. The van der Waals surface area contributed by atoms with Gasteiger partial charge in [-0.25, -0.2) is 0 Å². The van der Waals surface area contributed by atoms with Gasteiger partial charge in [0.25, 0.3) is 0 Å². The Labute approximate surface area is 343 Å². The third-order valence-corrected chi connectivity index (χ3v) is 10.9. The minimum absolute atomic E-state index is 0.597. The van der Waals surface area contributed by atoms with Crippen LogP contribution in [0.25, 0.3) is 49.7 Å². The highest BCUT2D eigenvalue weighted by Crippen LogP contribution is 2.45. The van der Waals surface area contributed by atoms with Gasteiger partial charge in [-0.1, -0.05) is 115 Å². The predicted molar refractivity (Wildman–Crippen MR) is 244 cm³/mol. The van der Waals surface area contributed by atoms with E-state index in [1.54, 1.807) is 12.4 Å². The van der Waals surface area contributed by atoms with E-state index in [9.17, 15) is 5.26 Å². The molecule has 10 rings (SSSR count). The van der Waals surface area contributed by atoms with Gasteiger partial charge in [-0.2, -0.15) is 5.26 Å². The van der Waals surface area contributed by atoms with Gasteiger partial charge in [-0.3, -0.25) is 4.98 Å². The highest BCUT2D eigenvalue weighted by molar-refractivity contribution is 6.12. The molecule has 0 spiro atoms. The average molecular weight is 756 g/mol. The summed E-state index contributed by atoms with van der Waals surface area (Å²) in [6, 6.07) is 76.7. The predicted octanol–water partition coefficient (Wildman–Crippen LogP) is 14.3.